The van der Waals surface area contributed by atoms with E-state index < -0.39 is 11.9 Å². The van der Waals surface area contributed by atoms with Gasteiger partial charge in [0.1, 0.15) is 45.2 Å². The van der Waals surface area contributed by atoms with Gasteiger partial charge < -0.3 is 94.1 Å². The number of carboxylic acid groups (broad SMARTS) is 2. The number of nitrogens with two attached hydrogens (primary N) is 2. The Balaban J connectivity index is 0.000000180. The lowest BCUT2D eigenvalue weighted by atomic mass is 9.90. The van der Waals surface area contributed by atoms with Crippen molar-refractivity contribution in [2.24, 2.45) is 0 Å². The second-order valence-corrected chi connectivity index (χ2v) is 31.2. The van der Waals surface area contributed by atoms with Crippen LogP contribution in [0.25, 0.3) is 88.9 Å². The van der Waals surface area contributed by atoms with Gasteiger partial charge in [0.2, 0.25) is 13.6 Å². The third-order valence-electron chi connectivity index (χ3n) is 19.3. The number of nitrogens with zero attached hydrogens (tertiary/aromatic N) is 9. The molecule has 0 atom stereocenters. The molecule has 0 spiro atoms. The summed E-state index contributed by atoms with van der Waals surface area (Å²) in [6.07, 6.45) is 4.71. The molecule has 4 aromatic heterocycles. The van der Waals surface area contributed by atoms with Crippen molar-refractivity contribution in [3.63, 3.8) is 0 Å². The van der Waals surface area contributed by atoms with Crippen molar-refractivity contribution in [3.8, 4) is 79.4 Å². The molecule has 4 aliphatic heterocycles. The van der Waals surface area contributed by atoms with Gasteiger partial charge in [0.05, 0.1) is 27.8 Å². The number of hydrogen-bond donors (Lipinski definition) is 8. The van der Waals surface area contributed by atoms with Gasteiger partial charge in [-0.15, -0.1) is 0 Å². The molecule has 10 aromatic rings. The van der Waals surface area contributed by atoms with E-state index in [9.17, 15) is 39.6 Å². The van der Waals surface area contributed by atoms with Gasteiger partial charge in [-0.1, -0.05) is 23.9 Å². The highest BCUT2D eigenvalue weighted by atomic mass is 79.9. The Labute approximate surface area is 677 Å². The summed E-state index contributed by atoms with van der Waals surface area (Å²) in [6.45, 7) is 10.8. The van der Waals surface area contributed by atoms with Crippen LogP contribution >= 0.6 is 63.9 Å². The largest absolute Gasteiger partial charge is 0.508 e. The van der Waals surface area contributed by atoms with Crippen molar-refractivity contribution in [1.29, 1.82) is 0 Å². The minimum absolute atomic E-state index is 0.0100. The minimum Gasteiger partial charge on any atom is -0.508 e. The van der Waals surface area contributed by atoms with Gasteiger partial charge in [0, 0.05) is 160 Å². The molecule has 0 saturated heterocycles. The first-order valence-electron chi connectivity index (χ1n) is 35.9. The van der Waals surface area contributed by atoms with Crippen molar-refractivity contribution < 1.29 is 57.8 Å². The van der Waals surface area contributed by atoms with Crippen LogP contribution in [-0.4, -0.2) is 134 Å². The Hall–Kier alpha value is -12.4. The molecule has 6 aliphatic rings. The van der Waals surface area contributed by atoms with Crippen molar-refractivity contribution in [2.75, 3.05) is 67.8 Å². The molecule has 2 aliphatic carbocycles. The first-order chi connectivity index (χ1) is 54.8. The number of imidazole rings is 2. The van der Waals surface area contributed by atoms with Crippen molar-refractivity contribution in [1.82, 2.24) is 38.9 Å². The Morgan fingerprint density at radius 2 is 0.974 bits per heavy atom. The molecule has 0 fully saturated rings. The smallest absolute Gasteiger partial charge is 0.336 e. The van der Waals surface area contributed by atoms with E-state index in [-0.39, 0.29) is 70.7 Å². The van der Waals surface area contributed by atoms with E-state index in [0.29, 0.717) is 162 Å². The summed E-state index contributed by atoms with van der Waals surface area (Å²) in [6, 6.07) is 39.6. The molecule has 10 N–H and O–H groups in total. The van der Waals surface area contributed by atoms with E-state index >= 15 is 0 Å². The number of halogens is 1. The van der Waals surface area contributed by atoms with Crippen LogP contribution in [0.15, 0.2) is 201 Å². The van der Waals surface area contributed by atoms with Crippen LogP contribution in [0.1, 0.15) is 61.3 Å². The molecule has 16 rings (SSSR count). The molecule has 6 aromatic carbocycles. The number of aromatic nitrogens is 6. The summed E-state index contributed by atoms with van der Waals surface area (Å²) in [7, 11) is 3.95. The molecule has 580 valence electrons. The maximum atomic E-state index is 12.8. The number of phenolic OH excluding ortho intramolecular Hbond substituents is 2. The number of pyridine rings is 2. The van der Waals surface area contributed by atoms with Gasteiger partial charge in [-0.2, -0.15) is 0 Å². The molecule has 0 saturated carbocycles. The number of carbonyl (C=O) groups is 2. The number of anilines is 5. The van der Waals surface area contributed by atoms with Crippen molar-refractivity contribution >= 4 is 159 Å². The van der Waals surface area contributed by atoms with Crippen molar-refractivity contribution in [2.45, 2.75) is 85.8 Å². The Bertz CT molecular complexity index is 6270. The quantitative estimate of drug-likeness (QED) is 0.0245. The second kappa shape index (κ2) is 32.0. The van der Waals surface area contributed by atoms with Crippen LogP contribution < -0.4 is 56.8 Å². The summed E-state index contributed by atoms with van der Waals surface area (Å²) in [5.41, 5.74) is 20.6. The van der Waals surface area contributed by atoms with Crippen LogP contribution in [0, 0.1) is 0 Å². The zero-order chi connectivity index (χ0) is 80.1. The number of hydrogen-bond acceptors (Lipinski definition) is 23. The number of rotatable bonds is 21. The number of phenols is 2. The van der Waals surface area contributed by atoms with Crippen LogP contribution in [0.4, 0.5) is 28.7 Å². The molecule has 0 amide bonds. The zero-order valence-corrected chi connectivity index (χ0v) is 66.7. The van der Waals surface area contributed by atoms with Gasteiger partial charge in [-0.3, -0.25) is 9.59 Å². The topological polar surface area (TPSA) is 360 Å². The summed E-state index contributed by atoms with van der Waals surface area (Å²) < 4.78 is 39.5. The number of aromatic carboxylic acids is 2. The average molecular weight is 1670 g/mol. The van der Waals surface area contributed by atoms with Crippen LogP contribution in [0.2, 0.25) is 0 Å². The van der Waals surface area contributed by atoms with Gasteiger partial charge in [-0.05, 0) is 201 Å². The van der Waals surface area contributed by atoms with E-state index in [1.165, 1.54) is 72.1 Å². The molecular formula is C82H72BrN13O14S4. The fraction of sp³-hybridized carbons (Fsp3) is 0.195. The number of aromatic hydroxyl groups is 2. The lowest BCUT2D eigenvalue weighted by Crippen LogP contribution is -2.40. The average Bonchev–Trinajstić information content (AvgIpc) is 1.05. The highest BCUT2D eigenvalue weighted by Gasteiger charge is 2.29. The summed E-state index contributed by atoms with van der Waals surface area (Å²) in [5.74, 6) is 1.58. The molecule has 0 bridgehead atoms. The maximum absolute atomic E-state index is 12.8. The molecule has 0 unspecified atom stereocenters. The molecule has 0 radical (unpaired) electrons. The van der Waals surface area contributed by atoms with Gasteiger partial charge in [0.15, 0.2) is 66.0 Å². The van der Waals surface area contributed by atoms with Gasteiger partial charge in [0.25, 0.3) is 0 Å². The van der Waals surface area contributed by atoms with Crippen LogP contribution in [-0.2, 0) is 13.1 Å². The molecule has 32 heteroatoms. The first-order valence-corrected chi connectivity index (χ1v) is 39.1. The lowest BCUT2D eigenvalue weighted by molar-refractivity contribution is 0.0687. The lowest BCUT2D eigenvalue weighted by Gasteiger charge is -2.30. The molecule has 27 nitrogen and oxygen atoms in total. The first kappa shape index (κ1) is 77.0. The predicted octanol–water partition coefficient (Wildman–Crippen LogP) is 16.2. The highest BCUT2D eigenvalue weighted by molar-refractivity contribution is 9.10. The van der Waals surface area contributed by atoms with Gasteiger partial charge >= 0.3 is 11.9 Å². The molecule has 8 heterocycles. The van der Waals surface area contributed by atoms with E-state index in [1.807, 2.05) is 88.0 Å². The second-order valence-electron chi connectivity index (χ2n) is 27.5. The number of nitrogens with one attached hydrogen (secondary N) is 2. The van der Waals surface area contributed by atoms with E-state index in [0.717, 1.165) is 41.3 Å². The standard InChI is InChI=1S/C42H39N7O7S2.C40H33BrN6O7S2/c1-22(2)48(14-5-15-49-30-12-13-44-39(43)38(30)46-42(49)58-36-20-35-34(54-21-55-35)19-31(36)47(3)4)41(57)45-23-6-9-26(29(16-23)40(52)53)37-27-10-7-24(50)17-32(27)56-33-18-25(51)8-11-28(33)37;1-20(2)46(12-3-13-47-29-10-11-43-37(42)36(29)45-40(47)56-34-18-33-32(17-28(34)41)52-19-53-33)39(55)44-21-4-7-24(27(14-21)38(50)51)35-25-8-5-22(48)15-30(25)54-31-16-23(49)6-9-26(31)35/h6-13,16-20,22,50H,5,14-15,21H2,1-4H3,(H2,43,44)(H,45,57)(H,52,53);4-11,14-18,20,48H,3,12-13,19H2,1-2H3,(H2,42,43)(H,44,55)(H,50,51). The summed E-state index contributed by atoms with van der Waals surface area (Å²) >= 11 is 18.5. The SMILES string of the molecule is CC(C)N(CCCn1c(Sc2cc3c(cc2Br)OCO3)nc2c(N)nccc21)C(=S)Nc1ccc(-c2c3ccc(=O)cc-3oc3cc(O)ccc23)c(C(=O)O)c1.CC(C)N(CCCn1c(Sc2cc3c(cc2N(C)C)OCO3)nc2c(N)nccc21)C(=S)Nc1ccc(-c2c3ccc(=O)cc-3oc3cc(O)ccc23)c(C(=O)O)c1. The predicted molar refractivity (Wildman–Crippen MR) is 451 cm³/mol. The maximum Gasteiger partial charge on any atom is 0.336 e. The van der Waals surface area contributed by atoms with Crippen molar-refractivity contribution in [3.05, 3.63) is 194 Å². The van der Waals surface area contributed by atoms with E-state index in [1.54, 1.807) is 73.1 Å². The monoisotopic (exact) mass is 1670 g/mol. The Morgan fingerprint density at radius 3 is 1.41 bits per heavy atom. The van der Waals surface area contributed by atoms with E-state index in [2.05, 4.69) is 50.6 Å². The fourth-order valence-electron chi connectivity index (χ4n) is 13.9. The number of aryl methyl sites for hydroxylation is 2. The number of fused-ring (bicyclic) bond motifs is 8. The van der Waals surface area contributed by atoms with Gasteiger partial charge in [-0.25, -0.2) is 29.5 Å². The molecule has 114 heavy (non-hydrogen) atoms. The summed E-state index contributed by atoms with van der Waals surface area (Å²) in [4.78, 5) is 76.4. The molecular weight excluding hydrogens is 1600 g/mol. The summed E-state index contributed by atoms with van der Waals surface area (Å²) in [5, 5.41) is 51.3. The normalized spacial score (nSPS) is 12.2. The Kier molecular flexibility index (Phi) is 21.6. The third-order valence-corrected chi connectivity index (χ3v) is 23.0. The number of nitrogen functional groups attached to an aromatic ring is 2. The number of ether oxygens (including phenoxy) is 4. The minimum atomic E-state index is -1.15. The number of benzene rings is 8. The third kappa shape index (κ3) is 15.6. The van der Waals surface area contributed by atoms with E-state index in [4.69, 9.17) is 73.7 Å². The Morgan fingerprint density at radius 1 is 0.553 bits per heavy atom. The zero-order valence-electron chi connectivity index (χ0n) is 61.9. The van der Waals surface area contributed by atoms with Crippen LogP contribution in [0.3, 0.4) is 0 Å². The number of carboxylic acids is 2. The number of thiocarbonyl (C=S) groups is 2. The highest BCUT2D eigenvalue weighted by Crippen LogP contribution is 2.49. The fourth-order valence-corrected chi connectivity index (χ4v) is 17.4. The van der Waals surface area contributed by atoms with Crippen LogP contribution in [0.5, 0.6) is 34.5 Å².